The number of benzene rings is 4. The first-order valence-corrected chi connectivity index (χ1v) is 11.8. The second-order valence-corrected chi connectivity index (χ2v) is 8.52. The Morgan fingerprint density at radius 2 is 1.50 bits per heavy atom. The van der Waals surface area contributed by atoms with Gasteiger partial charge in [0.2, 0.25) is 0 Å². The zero-order valence-electron chi connectivity index (χ0n) is 20.1. The molecule has 188 valence electrons. The van der Waals surface area contributed by atoms with Gasteiger partial charge in [0.05, 0.1) is 22.2 Å². The molecule has 1 aromatic heterocycles. The molecule has 0 fully saturated rings. The molecule has 0 aliphatic carbocycles. The third-order valence-corrected chi connectivity index (χ3v) is 6.02. The number of hydrogen-bond acceptors (Lipinski definition) is 6. The molecule has 9 nitrogen and oxygen atoms in total. The summed E-state index contributed by atoms with van der Waals surface area (Å²) in [5.74, 6) is 0.296. The summed E-state index contributed by atoms with van der Waals surface area (Å²) in [6, 6.07) is 27.8. The summed E-state index contributed by atoms with van der Waals surface area (Å²) < 4.78 is 7.54. The van der Waals surface area contributed by atoms with Crippen molar-refractivity contribution in [1.82, 2.24) is 9.99 Å². The Balaban J connectivity index is 1.22. The Morgan fingerprint density at radius 1 is 0.895 bits per heavy atom. The molecule has 1 heterocycles. The average Bonchev–Trinajstić information content (AvgIpc) is 2.95. The van der Waals surface area contributed by atoms with Crippen LogP contribution in [0.1, 0.15) is 11.1 Å². The largest absolute Gasteiger partial charge is 0.489 e. The minimum Gasteiger partial charge on any atom is -0.489 e. The molecule has 1 N–H and O–H groups in total. The number of nitro benzene ring substituents is 1. The zero-order valence-corrected chi connectivity index (χ0v) is 20.1. The first kappa shape index (κ1) is 24.4. The maximum absolute atomic E-state index is 12.9. The van der Waals surface area contributed by atoms with E-state index in [0.29, 0.717) is 27.6 Å². The van der Waals surface area contributed by atoms with Gasteiger partial charge in [0.1, 0.15) is 18.9 Å². The number of hydrazone groups is 1. The van der Waals surface area contributed by atoms with Gasteiger partial charge in [-0.05, 0) is 71.8 Å². The van der Waals surface area contributed by atoms with Gasteiger partial charge in [-0.3, -0.25) is 19.7 Å². The van der Waals surface area contributed by atoms with Crippen molar-refractivity contribution in [1.29, 1.82) is 0 Å². The summed E-state index contributed by atoms with van der Waals surface area (Å²) in [5.41, 5.74) is 5.45. The molecule has 0 aliphatic rings. The molecule has 0 aliphatic heterocycles. The van der Waals surface area contributed by atoms with Gasteiger partial charge in [-0.15, -0.1) is 0 Å². The lowest BCUT2D eigenvalue weighted by atomic mass is 10.1. The summed E-state index contributed by atoms with van der Waals surface area (Å²) in [6.45, 7) is 0.268. The van der Waals surface area contributed by atoms with Crippen LogP contribution in [0.4, 0.5) is 5.69 Å². The predicted molar refractivity (Wildman–Crippen MR) is 145 cm³/mol. The van der Waals surface area contributed by atoms with Crippen LogP contribution in [0.25, 0.3) is 21.8 Å². The molecular weight excluding hydrogens is 484 g/mol. The van der Waals surface area contributed by atoms with E-state index in [4.69, 9.17) is 4.74 Å². The zero-order chi connectivity index (χ0) is 26.5. The quantitative estimate of drug-likeness (QED) is 0.141. The Morgan fingerprint density at radius 3 is 2.11 bits per heavy atom. The number of nitrogens with one attached hydrogen (secondary N) is 1. The van der Waals surface area contributed by atoms with Crippen LogP contribution >= 0.6 is 0 Å². The Bertz CT molecular complexity index is 1670. The monoisotopic (exact) mass is 506 g/mol. The smallest absolute Gasteiger partial charge is 0.269 e. The molecule has 5 aromatic rings. The van der Waals surface area contributed by atoms with E-state index >= 15 is 0 Å². The fraction of sp³-hybridized carbons (Fsp3) is 0.0690. The van der Waals surface area contributed by atoms with Crippen LogP contribution in [0.2, 0.25) is 0 Å². The number of nitrogens with zero attached hydrogens (tertiary/aromatic N) is 3. The minimum atomic E-state index is -0.443. The molecule has 1 amide bonds. The molecule has 0 radical (unpaired) electrons. The van der Waals surface area contributed by atoms with Gasteiger partial charge in [-0.2, -0.15) is 5.10 Å². The number of rotatable bonds is 8. The molecule has 0 saturated heterocycles. The van der Waals surface area contributed by atoms with Crippen LogP contribution in [-0.4, -0.2) is 21.6 Å². The molecule has 0 bridgehead atoms. The van der Waals surface area contributed by atoms with E-state index in [1.807, 2.05) is 28.8 Å². The Labute approximate surface area is 216 Å². The van der Waals surface area contributed by atoms with Gasteiger partial charge in [0.25, 0.3) is 11.6 Å². The van der Waals surface area contributed by atoms with Crippen molar-refractivity contribution >= 4 is 39.6 Å². The maximum Gasteiger partial charge on any atom is 0.269 e. The van der Waals surface area contributed by atoms with Crippen molar-refractivity contribution in [3.63, 3.8) is 0 Å². The third-order valence-electron chi connectivity index (χ3n) is 6.02. The number of non-ortho nitro benzene ring substituents is 1. The highest BCUT2D eigenvalue weighted by Crippen LogP contribution is 2.19. The highest BCUT2D eigenvalue weighted by atomic mass is 16.6. The van der Waals surface area contributed by atoms with Crippen LogP contribution in [0, 0.1) is 10.1 Å². The summed E-state index contributed by atoms with van der Waals surface area (Å²) >= 11 is 0. The Hall–Kier alpha value is -5.31. The number of pyridine rings is 1. The second kappa shape index (κ2) is 10.8. The van der Waals surface area contributed by atoms with E-state index in [1.165, 1.54) is 18.3 Å². The third kappa shape index (κ3) is 5.26. The summed E-state index contributed by atoms with van der Waals surface area (Å²) in [4.78, 5) is 35.9. The van der Waals surface area contributed by atoms with Gasteiger partial charge in [0, 0.05) is 22.9 Å². The summed E-state index contributed by atoms with van der Waals surface area (Å²) in [7, 11) is 0. The molecule has 5 rings (SSSR count). The first-order chi connectivity index (χ1) is 18.5. The fourth-order valence-corrected chi connectivity index (χ4v) is 4.14. The number of fused-ring (bicyclic) bond motifs is 2. The van der Waals surface area contributed by atoms with Crippen LogP contribution in [0.15, 0.2) is 107 Å². The fourth-order valence-electron chi connectivity index (χ4n) is 4.14. The predicted octanol–water partition coefficient (Wildman–Crippen LogP) is 4.79. The number of amides is 1. The van der Waals surface area contributed by atoms with Crippen molar-refractivity contribution < 1.29 is 14.5 Å². The number of hydrogen-bond donors (Lipinski definition) is 1. The number of aromatic nitrogens is 1. The number of para-hydroxylation sites is 2. The Kier molecular flexibility index (Phi) is 6.90. The lowest BCUT2D eigenvalue weighted by Crippen LogP contribution is -2.25. The second-order valence-electron chi connectivity index (χ2n) is 8.52. The van der Waals surface area contributed by atoms with Crippen molar-refractivity contribution in [2.75, 3.05) is 0 Å². The molecule has 0 saturated carbocycles. The number of ether oxygens (including phenoxy) is 1. The van der Waals surface area contributed by atoms with Crippen molar-refractivity contribution in [3.8, 4) is 5.75 Å². The molecular formula is C29H22N4O5. The van der Waals surface area contributed by atoms with E-state index in [9.17, 15) is 19.7 Å². The van der Waals surface area contributed by atoms with Crippen molar-refractivity contribution in [2.45, 2.75) is 13.2 Å². The van der Waals surface area contributed by atoms with E-state index in [0.717, 1.165) is 11.1 Å². The van der Waals surface area contributed by atoms with E-state index in [1.54, 1.807) is 60.7 Å². The molecule has 0 atom stereocenters. The number of carbonyl (C=O) groups excluding carboxylic acids is 1. The van der Waals surface area contributed by atoms with Gasteiger partial charge in [0.15, 0.2) is 5.43 Å². The van der Waals surface area contributed by atoms with Gasteiger partial charge >= 0.3 is 0 Å². The number of nitro groups is 1. The lowest BCUT2D eigenvalue weighted by Gasteiger charge is -2.14. The highest BCUT2D eigenvalue weighted by Gasteiger charge is 2.12. The van der Waals surface area contributed by atoms with Gasteiger partial charge in [-0.1, -0.05) is 24.3 Å². The maximum atomic E-state index is 12.9. The molecule has 4 aromatic carbocycles. The van der Waals surface area contributed by atoms with Gasteiger partial charge in [-0.25, -0.2) is 5.43 Å². The van der Waals surface area contributed by atoms with Crippen LogP contribution in [0.5, 0.6) is 5.75 Å². The highest BCUT2D eigenvalue weighted by molar-refractivity contribution is 5.95. The molecule has 38 heavy (non-hydrogen) atoms. The summed E-state index contributed by atoms with van der Waals surface area (Å²) in [5, 5.41) is 15.9. The molecule has 0 unspecified atom stereocenters. The van der Waals surface area contributed by atoms with Gasteiger partial charge < -0.3 is 9.30 Å². The normalized spacial score (nSPS) is 11.2. The van der Waals surface area contributed by atoms with Crippen molar-refractivity contribution in [2.24, 2.45) is 5.10 Å². The van der Waals surface area contributed by atoms with E-state index in [2.05, 4.69) is 10.5 Å². The number of carbonyl (C=O) groups is 1. The minimum absolute atomic E-state index is 0.00588. The lowest BCUT2D eigenvalue weighted by molar-refractivity contribution is -0.384. The topological polar surface area (TPSA) is 116 Å². The SMILES string of the molecule is O=C(Cn1c2ccccc2c(=O)c2ccccc21)N/N=C\c1ccc(OCc2ccc([N+](=O)[O-])cc2)cc1. The standard InChI is InChI=1S/C29H22N4O5/c34-28(18-32-26-7-3-1-5-24(26)29(35)25-6-2-4-8-27(25)32)31-30-17-20-11-15-23(16-12-20)38-19-21-9-13-22(14-10-21)33(36)37/h1-17H,18-19H2,(H,31,34)/b30-17-. The van der Waals surface area contributed by atoms with Crippen molar-refractivity contribution in [3.05, 3.63) is 129 Å². The van der Waals surface area contributed by atoms with Crippen LogP contribution < -0.4 is 15.6 Å². The van der Waals surface area contributed by atoms with E-state index < -0.39 is 4.92 Å². The first-order valence-electron chi connectivity index (χ1n) is 11.8. The average molecular weight is 507 g/mol. The van der Waals surface area contributed by atoms with Crippen LogP contribution in [0.3, 0.4) is 0 Å². The van der Waals surface area contributed by atoms with Crippen LogP contribution in [-0.2, 0) is 17.9 Å². The molecule has 9 heteroatoms. The molecule has 0 spiro atoms. The summed E-state index contributed by atoms with van der Waals surface area (Å²) in [6.07, 6.45) is 1.53. The van der Waals surface area contributed by atoms with E-state index in [-0.39, 0.29) is 30.2 Å².